The molecule has 1 rings (SSSR count). The van der Waals surface area contributed by atoms with Gasteiger partial charge in [0.1, 0.15) is 5.82 Å². The Morgan fingerprint density at radius 2 is 2.06 bits per heavy atom. The number of anilines is 1. The molecule has 0 heterocycles. The number of likely N-dealkylation sites (N-methyl/N-ethyl adjacent to an activating group) is 1. The molecule has 0 spiro atoms. The molecule has 0 fully saturated rings. The van der Waals surface area contributed by atoms with Gasteiger partial charge in [-0.25, -0.2) is 4.39 Å². The maximum Gasteiger partial charge on any atom is 0.126 e. The van der Waals surface area contributed by atoms with Crippen molar-refractivity contribution < 1.29 is 4.39 Å². The van der Waals surface area contributed by atoms with Crippen molar-refractivity contribution in [1.29, 1.82) is 0 Å². The summed E-state index contributed by atoms with van der Waals surface area (Å²) in [5.74, 6) is -0.141. The first-order valence-corrected chi connectivity index (χ1v) is 5.71. The van der Waals surface area contributed by atoms with Gasteiger partial charge in [0.05, 0.1) is 0 Å². The number of benzene rings is 1. The molecule has 0 bridgehead atoms. The predicted molar refractivity (Wildman–Crippen MR) is 67.5 cm³/mol. The number of nitrogens with zero attached hydrogens (tertiary/aromatic N) is 1. The first-order valence-electron chi connectivity index (χ1n) is 5.71. The highest BCUT2D eigenvalue weighted by molar-refractivity contribution is 5.48. The zero-order valence-electron chi connectivity index (χ0n) is 10.5. The van der Waals surface area contributed by atoms with E-state index >= 15 is 0 Å². The number of hydrogen-bond donors (Lipinski definition) is 1. The summed E-state index contributed by atoms with van der Waals surface area (Å²) >= 11 is 0. The van der Waals surface area contributed by atoms with E-state index in [2.05, 4.69) is 24.1 Å². The second kappa shape index (κ2) is 5.85. The van der Waals surface area contributed by atoms with Crippen LogP contribution in [0.3, 0.4) is 0 Å². The highest BCUT2D eigenvalue weighted by atomic mass is 19.1. The van der Waals surface area contributed by atoms with E-state index in [9.17, 15) is 4.39 Å². The van der Waals surface area contributed by atoms with Gasteiger partial charge in [0, 0.05) is 31.9 Å². The lowest BCUT2D eigenvalue weighted by Crippen LogP contribution is -2.32. The first kappa shape index (κ1) is 13.0. The van der Waals surface area contributed by atoms with Gasteiger partial charge in [0.15, 0.2) is 0 Å². The van der Waals surface area contributed by atoms with E-state index in [-0.39, 0.29) is 5.82 Å². The molecular weight excluding hydrogens is 203 g/mol. The maximum absolute atomic E-state index is 13.1. The standard InChI is InChI=1S/C13H21FN2/c1-10(2)15-7-8-16(4)12-5-6-13(14)11(3)9-12/h5-6,9-10,15H,7-8H2,1-4H3. The van der Waals surface area contributed by atoms with Crippen molar-refractivity contribution in [3.8, 4) is 0 Å². The molecule has 3 heteroatoms. The van der Waals surface area contributed by atoms with Crippen LogP contribution in [0.2, 0.25) is 0 Å². The fourth-order valence-electron chi connectivity index (χ4n) is 1.52. The normalized spacial score (nSPS) is 10.9. The molecule has 0 aliphatic rings. The Labute approximate surface area is 97.5 Å². The predicted octanol–water partition coefficient (Wildman–Crippen LogP) is 2.57. The number of halogens is 1. The van der Waals surface area contributed by atoms with Crippen LogP contribution >= 0.6 is 0 Å². The molecule has 0 aromatic heterocycles. The smallest absolute Gasteiger partial charge is 0.126 e. The molecule has 1 N–H and O–H groups in total. The van der Waals surface area contributed by atoms with Crippen molar-refractivity contribution in [1.82, 2.24) is 5.32 Å². The molecular formula is C13H21FN2. The van der Waals surface area contributed by atoms with Crippen LogP contribution in [0.15, 0.2) is 18.2 Å². The minimum absolute atomic E-state index is 0.141. The van der Waals surface area contributed by atoms with Crippen LogP contribution in [0.1, 0.15) is 19.4 Å². The SMILES string of the molecule is Cc1cc(N(C)CCNC(C)C)ccc1F. The first-order chi connectivity index (χ1) is 7.50. The van der Waals surface area contributed by atoms with Crippen molar-refractivity contribution in [2.24, 2.45) is 0 Å². The summed E-state index contributed by atoms with van der Waals surface area (Å²) in [4.78, 5) is 2.13. The molecule has 1 aromatic carbocycles. The van der Waals surface area contributed by atoms with Gasteiger partial charge in [-0.05, 0) is 30.7 Å². The highest BCUT2D eigenvalue weighted by Crippen LogP contribution is 2.16. The van der Waals surface area contributed by atoms with Gasteiger partial charge in [0.2, 0.25) is 0 Å². The Balaban J connectivity index is 2.52. The third kappa shape index (κ3) is 3.81. The molecule has 16 heavy (non-hydrogen) atoms. The lowest BCUT2D eigenvalue weighted by atomic mass is 10.2. The van der Waals surface area contributed by atoms with E-state index in [1.54, 1.807) is 6.92 Å². The van der Waals surface area contributed by atoms with Crippen LogP contribution < -0.4 is 10.2 Å². The number of hydrogen-bond acceptors (Lipinski definition) is 2. The van der Waals surface area contributed by atoms with Crippen LogP contribution in [-0.2, 0) is 0 Å². The molecule has 0 atom stereocenters. The fourth-order valence-corrected chi connectivity index (χ4v) is 1.52. The van der Waals surface area contributed by atoms with Gasteiger partial charge < -0.3 is 10.2 Å². The van der Waals surface area contributed by atoms with Gasteiger partial charge in [0.25, 0.3) is 0 Å². The van der Waals surface area contributed by atoms with Gasteiger partial charge in [-0.2, -0.15) is 0 Å². The van der Waals surface area contributed by atoms with E-state index in [1.807, 2.05) is 19.2 Å². The molecule has 0 saturated carbocycles. The topological polar surface area (TPSA) is 15.3 Å². The van der Waals surface area contributed by atoms with Crippen LogP contribution in [0, 0.1) is 12.7 Å². The lowest BCUT2D eigenvalue weighted by Gasteiger charge is -2.21. The van der Waals surface area contributed by atoms with Crippen molar-refractivity contribution in [3.63, 3.8) is 0 Å². The molecule has 0 amide bonds. The molecule has 0 unspecified atom stereocenters. The average Bonchev–Trinajstić information content (AvgIpc) is 2.21. The number of rotatable bonds is 5. The molecule has 0 aliphatic heterocycles. The zero-order chi connectivity index (χ0) is 12.1. The molecule has 2 nitrogen and oxygen atoms in total. The summed E-state index contributed by atoms with van der Waals surface area (Å²) in [5.41, 5.74) is 1.76. The minimum atomic E-state index is -0.141. The quantitative estimate of drug-likeness (QED) is 0.827. The lowest BCUT2D eigenvalue weighted by molar-refractivity contribution is 0.589. The van der Waals surface area contributed by atoms with Gasteiger partial charge in [-0.15, -0.1) is 0 Å². The maximum atomic E-state index is 13.1. The largest absolute Gasteiger partial charge is 0.373 e. The summed E-state index contributed by atoms with van der Waals surface area (Å²) in [5, 5.41) is 3.36. The average molecular weight is 224 g/mol. The van der Waals surface area contributed by atoms with Gasteiger partial charge >= 0.3 is 0 Å². The van der Waals surface area contributed by atoms with Crippen molar-refractivity contribution in [2.75, 3.05) is 25.0 Å². The number of nitrogens with one attached hydrogen (secondary N) is 1. The van der Waals surface area contributed by atoms with E-state index in [1.165, 1.54) is 6.07 Å². The van der Waals surface area contributed by atoms with Crippen LogP contribution in [0.4, 0.5) is 10.1 Å². The monoisotopic (exact) mass is 224 g/mol. The zero-order valence-corrected chi connectivity index (χ0v) is 10.5. The Bertz CT molecular complexity index is 337. The van der Waals surface area contributed by atoms with E-state index in [4.69, 9.17) is 0 Å². The van der Waals surface area contributed by atoms with Crippen LogP contribution in [-0.4, -0.2) is 26.2 Å². The van der Waals surface area contributed by atoms with E-state index in [0.29, 0.717) is 11.6 Å². The van der Waals surface area contributed by atoms with Gasteiger partial charge in [-0.3, -0.25) is 0 Å². The van der Waals surface area contributed by atoms with E-state index in [0.717, 1.165) is 18.8 Å². The second-order valence-electron chi connectivity index (χ2n) is 4.46. The Morgan fingerprint density at radius 1 is 1.38 bits per heavy atom. The molecule has 0 aliphatic carbocycles. The van der Waals surface area contributed by atoms with Crippen molar-refractivity contribution in [3.05, 3.63) is 29.6 Å². The minimum Gasteiger partial charge on any atom is -0.373 e. The Morgan fingerprint density at radius 3 is 2.62 bits per heavy atom. The molecule has 0 radical (unpaired) electrons. The Hall–Kier alpha value is -1.09. The molecule has 1 aromatic rings. The fraction of sp³-hybridized carbons (Fsp3) is 0.538. The van der Waals surface area contributed by atoms with Crippen molar-refractivity contribution >= 4 is 5.69 Å². The highest BCUT2D eigenvalue weighted by Gasteiger charge is 2.03. The third-order valence-corrected chi connectivity index (χ3v) is 2.58. The van der Waals surface area contributed by atoms with Crippen LogP contribution in [0.25, 0.3) is 0 Å². The van der Waals surface area contributed by atoms with Crippen molar-refractivity contribution in [2.45, 2.75) is 26.8 Å². The van der Waals surface area contributed by atoms with Gasteiger partial charge in [-0.1, -0.05) is 13.8 Å². The second-order valence-corrected chi connectivity index (χ2v) is 4.46. The summed E-state index contributed by atoms with van der Waals surface area (Å²) in [7, 11) is 2.02. The summed E-state index contributed by atoms with van der Waals surface area (Å²) in [6, 6.07) is 5.72. The number of aryl methyl sites for hydroxylation is 1. The Kier molecular flexibility index (Phi) is 4.74. The molecule has 0 saturated heterocycles. The summed E-state index contributed by atoms with van der Waals surface area (Å²) in [6.07, 6.45) is 0. The summed E-state index contributed by atoms with van der Waals surface area (Å²) in [6.45, 7) is 7.90. The van der Waals surface area contributed by atoms with E-state index < -0.39 is 0 Å². The van der Waals surface area contributed by atoms with Crippen LogP contribution in [0.5, 0.6) is 0 Å². The summed E-state index contributed by atoms with van der Waals surface area (Å²) < 4.78 is 13.1. The third-order valence-electron chi connectivity index (χ3n) is 2.58. The molecule has 90 valence electrons.